The van der Waals surface area contributed by atoms with E-state index in [1.807, 2.05) is 30.3 Å². The fourth-order valence-corrected chi connectivity index (χ4v) is 4.22. The molecule has 3 heteroatoms. The van der Waals surface area contributed by atoms with E-state index in [1.54, 1.807) is 6.20 Å². The van der Waals surface area contributed by atoms with Gasteiger partial charge in [-0.05, 0) is 30.0 Å². The lowest BCUT2D eigenvalue weighted by Gasteiger charge is -2.30. The molecule has 1 aromatic heterocycles. The van der Waals surface area contributed by atoms with E-state index in [0.29, 0.717) is 13.0 Å². The highest BCUT2D eigenvalue weighted by molar-refractivity contribution is 5.87. The van der Waals surface area contributed by atoms with Crippen molar-refractivity contribution in [3.05, 3.63) is 78.0 Å². The molecule has 0 atom stereocenters. The standard InChI is InChI=1S/C23H24N2O/c26-21(16-19-9-6-8-18-10-7-15-24-22(18)19)25-17-23(13-4-5-14-23)20-11-2-1-3-12-20/h1-3,6-12,15H,4-5,13-14,16-17H2,(H,25,26). The van der Waals surface area contributed by atoms with Gasteiger partial charge in [-0.1, -0.05) is 67.4 Å². The van der Waals surface area contributed by atoms with Crippen molar-refractivity contribution in [3.8, 4) is 0 Å². The summed E-state index contributed by atoms with van der Waals surface area (Å²) >= 11 is 0. The van der Waals surface area contributed by atoms with E-state index in [9.17, 15) is 4.79 Å². The predicted octanol–water partition coefficient (Wildman–Crippen LogP) is 4.41. The lowest BCUT2D eigenvalue weighted by molar-refractivity contribution is -0.120. The van der Waals surface area contributed by atoms with E-state index >= 15 is 0 Å². The molecular formula is C23H24N2O. The molecule has 1 aliphatic rings. The number of fused-ring (bicyclic) bond motifs is 1. The van der Waals surface area contributed by atoms with Gasteiger partial charge in [0.2, 0.25) is 5.91 Å². The van der Waals surface area contributed by atoms with Gasteiger partial charge in [0.05, 0.1) is 11.9 Å². The number of pyridine rings is 1. The van der Waals surface area contributed by atoms with Crippen LogP contribution in [0, 0.1) is 0 Å². The van der Waals surface area contributed by atoms with Gasteiger partial charge in [0.15, 0.2) is 0 Å². The van der Waals surface area contributed by atoms with E-state index in [-0.39, 0.29) is 11.3 Å². The molecule has 0 radical (unpaired) electrons. The highest BCUT2D eigenvalue weighted by Gasteiger charge is 2.35. The molecule has 1 fully saturated rings. The van der Waals surface area contributed by atoms with Crippen LogP contribution in [-0.4, -0.2) is 17.4 Å². The van der Waals surface area contributed by atoms with Crippen molar-refractivity contribution in [3.63, 3.8) is 0 Å². The zero-order valence-corrected chi connectivity index (χ0v) is 14.9. The quantitative estimate of drug-likeness (QED) is 0.745. The van der Waals surface area contributed by atoms with Crippen LogP contribution in [0.1, 0.15) is 36.8 Å². The molecule has 1 N–H and O–H groups in total. The van der Waals surface area contributed by atoms with Crippen LogP contribution in [0.25, 0.3) is 10.9 Å². The maximum atomic E-state index is 12.6. The van der Waals surface area contributed by atoms with Crippen LogP contribution in [0.2, 0.25) is 0 Å². The second-order valence-corrected chi connectivity index (χ2v) is 7.30. The molecule has 132 valence electrons. The molecule has 2 aromatic carbocycles. The van der Waals surface area contributed by atoms with E-state index in [0.717, 1.165) is 29.3 Å². The Bertz CT molecular complexity index is 893. The Kier molecular flexibility index (Phi) is 4.70. The van der Waals surface area contributed by atoms with Crippen molar-refractivity contribution in [2.45, 2.75) is 37.5 Å². The molecule has 1 amide bonds. The highest BCUT2D eigenvalue weighted by atomic mass is 16.1. The zero-order valence-electron chi connectivity index (χ0n) is 14.9. The maximum absolute atomic E-state index is 12.6. The average Bonchev–Trinajstić information content (AvgIpc) is 3.18. The van der Waals surface area contributed by atoms with Crippen LogP contribution in [0.3, 0.4) is 0 Å². The molecule has 0 spiro atoms. The van der Waals surface area contributed by atoms with Crippen molar-refractivity contribution < 1.29 is 4.79 Å². The van der Waals surface area contributed by atoms with Crippen LogP contribution in [0.15, 0.2) is 66.9 Å². The van der Waals surface area contributed by atoms with Crippen LogP contribution in [0.4, 0.5) is 0 Å². The topological polar surface area (TPSA) is 42.0 Å². The van der Waals surface area contributed by atoms with Crippen molar-refractivity contribution in [1.82, 2.24) is 10.3 Å². The Balaban J connectivity index is 1.48. The van der Waals surface area contributed by atoms with Crippen molar-refractivity contribution in [1.29, 1.82) is 0 Å². The average molecular weight is 344 g/mol. The first-order valence-corrected chi connectivity index (χ1v) is 9.42. The number of carbonyl (C=O) groups excluding carboxylic acids is 1. The fourth-order valence-electron chi connectivity index (χ4n) is 4.22. The molecule has 1 saturated carbocycles. The Morgan fingerprint density at radius 3 is 2.54 bits per heavy atom. The number of benzene rings is 2. The molecule has 0 bridgehead atoms. The number of rotatable bonds is 5. The minimum atomic E-state index is 0.0744. The van der Waals surface area contributed by atoms with Gasteiger partial charge < -0.3 is 5.32 Å². The number of para-hydroxylation sites is 1. The Morgan fingerprint density at radius 1 is 0.962 bits per heavy atom. The first-order valence-electron chi connectivity index (χ1n) is 9.42. The largest absolute Gasteiger partial charge is 0.355 e. The first-order chi connectivity index (χ1) is 12.8. The smallest absolute Gasteiger partial charge is 0.224 e. The molecule has 3 nitrogen and oxygen atoms in total. The van der Waals surface area contributed by atoms with Crippen molar-refractivity contribution in [2.24, 2.45) is 0 Å². The van der Waals surface area contributed by atoms with Gasteiger partial charge in [-0.15, -0.1) is 0 Å². The number of nitrogens with one attached hydrogen (secondary N) is 1. The fraction of sp³-hybridized carbons (Fsp3) is 0.304. The van der Waals surface area contributed by atoms with Gasteiger partial charge in [-0.2, -0.15) is 0 Å². The zero-order chi connectivity index (χ0) is 17.8. The molecule has 0 unspecified atom stereocenters. The van der Waals surface area contributed by atoms with Crippen LogP contribution < -0.4 is 5.32 Å². The number of hydrogen-bond donors (Lipinski definition) is 1. The number of carbonyl (C=O) groups is 1. The molecule has 0 aliphatic heterocycles. The van der Waals surface area contributed by atoms with Gasteiger partial charge in [-0.25, -0.2) is 0 Å². The molecule has 26 heavy (non-hydrogen) atoms. The SMILES string of the molecule is O=C(Cc1cccc2cccnc12)NCC1(c2ccccc2)CCCC1. The molecule has 0 saturated heterocycles. The van der Waals surface area contributed by atoms with Crippen LogP contribution >= 0.6 is 0 Å². The molecule has 1 heterocycles. The van der Waals surface area contributed by atoms with Gasteiger partial charge in [-0.3, -0.25) is 9.78 Å². The summed E-state index contributed by atoms with van der Waals surface area (Å²) in [5, 5.41) is 4.29. The van der Waals surface area contributed by atoms with Crippen molar-refractivity contribution in [2.75, 3.05) is 6.54 Å². The monoisotopic (exact) mass is 344 g/mol. The summed E-state index contributed by atoms with van der Waals surface area (Å²) in [6.07, 6.45) is 6.92. The summed E-state index contributed by atoms with van der Waals surface area (Å²) < 4.78 is 0. The summed E-state index contributed by atoms with van der Waals surface area (Å²) in [5.74, 6) is 0.0744. The number of aromatic nitrogens is 1. The predicted molar refractivity (Wildman–Crippen MR) is 105 cm³/mol. The molecule has 1 aliphatic carbocycles. The molecule has 3 aromatic rings. The normalized spacial score (nSPS) is 15.8. The summed E-state index contributed by atoms with van der Waals surface area (Å²) in [4.78, 5) is 17.1. The Labute approximate surface area is 154 Å². The maximum Gasteiger partial charge on any atom is 0.224 e. The third-order valence-electron chi connectivity index (χ3n) is 5.64. The van der Waals surface area contributed by atoms with Crippen molar-refractivity contribution >= 4 is 16.8 Å². The number of hydrogen-bond acceptors (Lipinski definition) is 2. The minimum Gasteiger partial charge on any atom is -0.355 e. The van der Waals surface area contributed by atoms with Crippen LogP contribution in [0.5, 0.6) is 0 Å². The molecule has 4 rings (SSSR count). The third kappa shape index (κ3) is 3.34. The van der Waals surface area contributed by atoms with E-state index < -0.39 is 0 Å². The second-order valence-electron chi connectivity index (χ2n) is 7.30. The van der Waals surface area contributed by atoms with Gasteiger partial charge in [0, 0.05) is 23.5 Å². The van der Waals surface area contributed by atoms with Gasteiger partial charge in [0.1, 0.15) is 0 Å². The first kappa shape index (κ1) is 16.8. The summed E-state index contributed by atoms with van der Waals surface area (Å²) in [6.45, 7) is 0.716. The van der Waals surface area contributed by atoms with Gasteiger partial charge >= 0.3 is 0 Å². The Hall–Kier alpha value is -2.68. The van der Waals surface area contributed by atoms with E-state index in [2.05, 4.69) is 40.6 Å². The summed E-state index contributed by atoms with van der Waals surface area (Å²) in [5.41, 5.74) is 3.35. The highest BCUT2D eigenvalue weighted by Crippen LogP contribution is 2.40. The summed E-state index contributed by atoms with van der Waals surface area (Å²) in [6, 6.07) is 20.6. The molecular weight excluding hydrogens is 320 g/mol. The minimum absolute atomic E-state index is 0.0744. The lowest BCUT2D eigenvalue weighted by atomic mass is 9.79. The number of amides is 1. The number of nitrogens with zero attached hydrogens (tertiary/aromatic N) is 1. The van der Waals surface area contributed by atoms with E-state index in [4.69, 9.17) is 0 Å². The summed E-state index contributed by atoms with van der Waals surface area (Å²) in [7, 11) is 0. The third-order valence-corrected chi connectivity index (χ3v) is 5.64. The Morgan fingerprint density at radius 2 is 1.73 bits per heavy atom. The second kappa shape index (κ2) is 7.28. The van der Waals surface area contributed by atoms with Crippen LogP contribution in [-0.2, 0) is 16.6 Å². The lowest BCUT2D eigenvalue weighted by Crippen LogP contribution is -2.39. The van der Waals surface area contributed by atoms with E-state index in [1.165, 1.54) is 18.4 Å². The van der Waals surface area contributed by atoms with Gasteiger partial charge in [0.25, 0.3) is 0 Å².